The van der Waals surface area contributed by atoms with Crippen LogP contribution in [-0.4, -0.2) is 57.6 Å². The van der Waals surface area contributed by atoms with Crippen LogP contribution in [0.1, 0.15) is 50.7 Å². The number of ether oxygens (including phenoxy) is 1. The molecule has 0 spiro atoms. The molecule has 1 fully saturated rings. The third-order valence-electron chi connectivity index (χ3n) is 4.00. The highest BCUT2D eigenvalue weighted by atomic mass is 32.2. The number of nitrogens with one attached hydrogen (secondary N) is 1. The van der Waals surface area contributed by atoms with E-state index >= 15 is 0 Å². The number of amides is 1. The molecule has 0 aliphatic carbocycles. The highest BCUT2D eigenvalue weighted by Gasteiger charge is 2.25. The number of likely N-dealkylation sites (N-methyl/N-ethyl adjacent to an activating group) is 1. The first kappa shape index (κ1) is 9.78. The predicted molar refractivity (Wildman–Crippen MR) is 97.7 cm³/mol. The highest BCUT2D eigenvalue weighted by Crippen LogP contribution is 2.29. The van der Waals surface area contributed by atoms with E-state index in [1.54, 1.807) is 0 Å². The number of carbonyl (C=O) groups is 1. The van der Waals surface area contributed by atoms with E-state index in [-0.39, 0.29) is 13.1 Å². The fraction of sp³-hybridized carbons (Fsp3) is 0.588. The van der Waals surface area contributed by atoms with E-state index < -0.39 is 81.9 Å². The molecule has 1 aliphatic rings. The SMILES string of the molecule is [2H]c1c(N)c(S(=O)(=O)CC)c([2H])c(C(=O)NCC2CCCN2C([2H])([2H])C([2H])([2H])[2H])c1OC([2H])([2H])[2H]. The summed E-state index contributed by atoms with van der Waals surface area (Å²) in [6, 6.07) is -2.59. The average molecular weight is 380 g/mol. The number of benzene rings is 1. The number of rotatable bonds is 7. The van der Waals surface area contributed by atoms with Crippen molar-refractivity contribution in [2.24, 2.45) is 0 Å². The van der Waals surface area contributed by atoms with Gasteiger partial charge in [0.1, 0.15) is 5.75 Å². The van der Waals surface area contributed by atoms with E-state index in [9.17, 15) is 13.2 Å². The van der Waals surface area contributed by atoms with Crippen molar-refractivity contribution < 1.29 is 31.7 Å². The van der Waals surface area contributed by atoms with Crippen LogP contribution >= 0.6 is 0 Å². The molecule has 2 rings (SSSR count). The topological polar surface area (TPSA) is 102 Å². The summed E-state index contributed by atoms with van der Waals surface area (Å²) in [5.74, 6) is -2.57. The summed E-state index contributed by atoms with van der Waals surface area (Å²) in [4.78, 5) is 13.4. The molecule has 1 heterocycles. The van der Waals surface area contributed by atoms with Crippen LogP contribution in [0.5, 0.6) is 5.75 Å². The normalized spacial score (nSPS) is 25.7. The third-order valence-corrected chi connectivity index (χ3v) is 5.70. The Bertz CT molecular complexity index is 1090. The van der Waals surface area contributed by atoms with E-state index in [4.69, 9.17) is 24.2 Å². The summed E-state index contributed by atoms with van der Waals surface area (Å²) < 4.78 is 107. The first-order valence-corrected chi connectivity index (χ1v) is 9.30. The van der Waals surface area contributed by atoms with Gasteiger partial charge in [-0.3, -0.25) is 9.69 Å². The molecule has 3 N–H and O–H groups in total. The van der Waals surface area contributed by atoms with Gasteiger partial charge in [-0.25, -0.2) is 8.42 Å². The summed E-state index contributed by atoms with van der Waals surface area (Å²) in [7, 11) is -7.36. The lowest BCUT2D eigenvalue weighted by Crippen LogP contribution is -2.40. The van der Waals surface area contributed by atoms with Crippen LogP contribution in [0.2, 0.25) is 0 Å². The second-order valence-electron chi connectivity index (χ2n) is 5.51. The molecule has 1 unspecified atom stereocenters. The van der Waals surface area contributed by atoms with Gasteiger partial charge in [0.2, 0.25) is 0 Å². The standard InChI is InChI=1S/C17H27N3O4S/c1-4-20-8-6-7-12(20)11-19-17(21)13-9-16(25(22,23)5-2)14(18)10-15(13)24-3/h9-10,12H,4-8,11,18H2,1-3H3,(H,19,21)/i1D3,3D3,4D2,9D,10D. The summed E-state index contributed by atoms with van der Waals surface area (Å²) >= 11 is 0. The Morgan fingerprint density at radius 3 is 3.08 bits per heavy atom. The van der Waals surface area contributed by atoms with Crippen molar-refractivity contribution in [3.8, 4) is 5.75 Å². The Labute approximate surface area is 163 Å². The lowest BCUT2D eigenvalue weighted by atomic mass is 10.1. The average Bonchev–Trinajstić information content (AvgIpc) is 3.17. The van der Waals surface area contributed by atoms with Crippen molar-refractivity contribution in [3.63, 3.8) is 0 Å². The lowest BCUT2D eigenvalue weighted by molar-refractivity contribution is 0.0938. The Hall–Kier alpha value is -1.80. The molecule has 1 amide bonds. The molecule has 1 aliphatic heterocycles. The third kappa shape index (κ3) is 4.24. The quantitative estimate of drug-likeness (QED) is 0.692. The van der Waals surface area contributed by atoms with E-state index in [0.717, 1.165) is 4.90 Å². The number of likely N-dealkylation sites (tertiary alicyclic amines) is 1. The van der Waals surface area contributed by atoms with Gasteiger partial charge in [-0.05, 0) is 31.9 Å². The number of nitrogen functional groups attached to an aromatic ring is 1. The minimum Gasteiger partial charge on any atom is -0.496 e. The minimum atomic E-state index is -4.20. The Morgan fingerprint density at radius 2 is 2.40 bits per heavy atom. The fourth-order valence-electron chi connectivity index (χ4n) is 2.60. The van der Waals surface area contributed by atoms with Gasteiger partial charge in [0.05, 0.1) is 35.8 Å². The fourth-order valence-corrected chi connectivity index (χ4v) is 3.53. The van der Waals surface area contributed by atoms with Gasteiger partial charge >= 0.3 is 0 Å². The Balaban J connectivity index is 2.51. The van der Waals surface area contributed by atoms with Crippen LogP contribution in [0.4, 0.5) is 5.69 Å². The molecule has 1 atom stereocenters. The minimum absolute atomic E-state index is 0.112. The maximum Gasteiger partial charge on any atom is 0.255 e. The van der Waals surface area contributed by atoms with Crippen LogP contribution in [-0.2, 0) is 9.84 Å². The molecule has 1 aromatic carbocycles. The lowest BCUT2D eigenvalue weighted by Gasteiger charge is -2.23. The number of methoxy groups -OCH3 is 1. The van der Waals surface area contributed by atoms with E-state index in [1.807, 2.05) is 0 Å². The zero-order valence-corrected chi connectivity index (χ0v) is 14.5. The van der Waals surface area contributed by atoms with E-state index in [1.165, 1.54) is 6.92 Å². The van der Waals surface area contributed by atoms with E-state index in [0.29, 0.717) is 12.8 Å². The monoisotopic (exact) mass is 379 g/mol. The second-order valence-corrected chi connectivity index (χ2v) is 7.73. The van der Waals surface area contributed by atoms with Gasteiger partial charge in [-0.15, -0.1) is 0 Å². The van der Waals surface area contributed by atoms with Crippen molar-refractivity contribution >= 4 is 21.4 Å². The first-order chi connectivity index (χ1) is 15.8. The number of nitrogens with two attached hydrogens (primary N) is 1. The van der Waals surface area contributed by atoms with Gasteiger partial charge in [0, 0.05) is 25.5 Å². The molecule has 0 saturated carbocycles. The molecule has 1 aromatic rings. The van der Waals surface area contributed by atoms with Gasteiger partial charge in [-0.1, -0.05) is 13.8 Å². The zero-order chi connectivity index (χ0) is 27.1. The molecule has 140 valence electrons. The van der Waals surface area contributed by atoms with Crippen LogP contribution in [0.15, 0.2) is 17.0 Å². The Morgan fingerprint density at radius 1 is 1.60 bits per heavy atom. The molecule has 0 aromatic heterocycles. The number of nitrogens with zero attached hydrogens (tertiary/aromatic N) is 1. The van der Waals surface area contributed by atoms with Gasteiger partial charge in [0.25, 0.3) is 5.91 Å². The van der Waals surface area contributed by atoms with E-state index in [2.05, 4.69) is 5.32 Å². The van der Waals surface area contributed by atoms with Crippen LogP contribution in [0, 0.1) is 0 Å². The smallest absolute Gasteiger partial charge is 0.255 e. The number of anilines is 1. The Kier molecular flexibility index (Phi) is 3.15. The second kappa shape index (κ2) is 8.05. The molecular formula is C17H27N3O4S. The molecule has 1 saturated heterocycles. The van der Waals surface area contributed by atoms with Crippen LogP contribution in [0.3, 0.4) is 0 Å². The van der Waals surface area contributed by atoms with Gasteiger partial charge in [0.15, 0.2) is 9.84 Å². The molecule has 8 heteroatoms. The maximum absolute atomic E-state index is 13.1. The number of hydrogen-bond donors (Lipinski definition) is 2. The largest absolute Gasteiger partial charge is 0.496 e. The van der Waals surface area contributed by atoms with Crippen molar-refractivity contribution in [1.29, 1.82) is 0 Å². The molecule has 0 bridgehead atoms. The molecule has 0 radical (unpaired) electrons. The van der Waals surface area contributed by atoms with Crippen molar-refractivity contribution in [3.05, 3.63) is 17.6 Å². The summed E-state index contributed by atoms with van der Waals surface area (Å²) in [6.07, 6.45) is 0.786. The zero-order valence-electron chi connectivity index (χ0n) is 23.7. The highest BCUT2D eigenvalue weighted by molar-refractivity contribution is 7.91. The number of hydrogen-bond acceptors (Lipinski definition) is 6. The summed E-state index contributed by atoms with van der Waals surface area (Å²) in [5, 5.41) is 2.37. The predicted octanol–water partition coefficient (Wildman–Crippen LogP) is 1.29. The molecule has 7 nitrogen and oxygen atoms in total. The summed E-state index contributed by atoms with van der Waals surface area (Å²) in [6.45, 7) is -4.57. The summed E-state index contributed by atoms with van der Waals surface area (Å²) in [5.41, 5.74) is 4.16. The van der Waals surface area contributed by atoms with Crippen LogP contribution < -0.4 is 15.8 Å². The first-order valence-electron chi connectivity index (χ1n) is 12.7. The van der Waals surface area contributed by atoms with Crippen molar-refractivity contribution in [2.45, 2.75) is 37.6 Å². The van der Waals surface area contributed by atoms with Crippen molar-refractivity contribution in [1.82, 2.24) is 10.2 Å². The maximum atomic E-state index is 13.1. The molecular weight excluding hydrogens is 342 g/mol. The van der Waals surface area contributed by atoms with Gasteiger partial charge in [-0.2, -0.15) is 0 Å². The number of sulfone groups is 1. The number of carbonyl (C=O) groups excluding carboxylic acids is 1. The van der Waals surface area contributed by atoms with Crippen LogP contribution in [0.25, 0.3) is 0 Å². The molecule has 25 heavy (non-hydrogen) atoms. The van der Waals surface area contributed by atoms with Crippen molar-refractivity contribution in [2.75, 3.05) is 38.1 Å². The van der Waals surface area contributed by atoms with Gasteiger partial charge < -0.3 is 15.8 Å².